The van der Waals surface area contributed by atoms with Crippen LogP contribution >= 0.6 is 0 Å². The van der Waals surface area contributed by atoms with Crippen molar-refractivity contribution in [3.05, 3.63) is 35.4 Å². The topological polar surface area (TPSA) is 49.3 Å². The molecule has 0 heterocycles. The number of hydrogen-bond acceptors (Lipinski definition) is 2. The first kappa shape index (κ1) is 13.9. The number of aliphatic hydroxyl groups excluding tert-OH is 1. The van der Waals surface area contributed by atoms with Crippen molar-refractivity contribution in [2.75, 3.05) is 6.61 Å². The lowest BCUT2D eigenvalue weighted by Gasteiger charge is -2.19. The minimum Gasteiger partial charge on any atom is -0.396 e. The highest BCUT2D eigenvalue weighted by atomic mass is 19.1. The highest BCUT2D eigenvalue weighted by Crippen LogP contribution is 2.25. The van der Waals surface area contributed by atoms with E-state index in [-0.39, 0.29) is 30.6 Å². The standard InChI is InChI=1S/C14H17F2NO2/c15-11-4-2-5-12(16)10(11)7-14(19)17-13-6-1-3-9(13)8-18/h2,4-5,9,13,18H,1,3,6-8H2,(H,17,19). The van der Waals surface area contributed by atoms with Crippen molar-refractivity contribution in [2.45, 2.75) is 31.7 Å². The molecule has 0 bridgehead atoms. The molecule has 104 valence electrons. The highest BCUT2D eigenvalue weighted by molar-refractivity contribution is 5.79. The first-order chi connectivity index (χ1) is 9.11. The summed E-state index contributed by atoms with van der Waals surface area (Å²) >= 11 is 0. The summed E-state index contributed by atoms with van der Waals surface area (Å²) in [4.78, 5) is 11.8. The maximum absolute atomic E-state index is 13.4. The minimum atomic E-state index is -0.708. The molecule has 1 aromatic rings. The molecule has 1 amide bonds. The molecule has 2 N–H and O–H groups in total. The molecular weight excluding hydrogens is 252 g/mol. The van der Waals surface area contributed by atoms with E-state index in [4.69, 9.17) is 5.11 Å². The summed E-state index contributed by atoms with van der Waals surface area (Å²) < 4.78 is 26.8. The van der Waals surface area contributed by atoms with Gasteiger partial charge in [0.1, 0.15) is 11.6 Å². The first-order valence-electron chi connectivity index (χ1n) is 6.45. The van der Waals surface area contributed by atoms with Gasteiger partial charge in [-0.05, 0) is 25.0 Å². The molecule has 2 unspecified atom stereocenters. The normalized spacial score (nSPS) is 22.5. The van der Waals surface area contributed by atoms with E-state index in [1.165, 1.54) is 6.07 Å². The van der Waals surface area contributed by atoms with E-state index in [9.17, 15) is 13.6 Å². The van der Waals surface area contributed by atoms with Crippen molar-refractivity contribution in [1.82, 2.24) is 5.32 Å². The quantitative estimate of drug-likeness (QED) is 0.875. The van der Waals surface area contributed by atoms with Gasteiger partial charge in [-0.1, -0.05) is 12.5 Å². The van der Waals surface area contributed by atoms with Gasteiger partial charge < -0.3 is 10.4 Å². The van der Waals surface area contributed by atoms with Crippen molar-refractivity contribution < 1.29 is 18.7 Å². The first-order valence-corrected chi connectivity index (χ1v) is 6.45. The van der Waals surface area contributed by atoms with Gasteiger partial charge >= 0.3 is 0 Å². The van der Waals surface area contributed by atoms with Crippen LogP contribution in [0.5, 0.6) is 0 Å². The predicted molar refractivity (Wildman–Crippen MR) is 66.4 cm³/mol. The number of amides is 1. The largest absolute Gasteiger partial charge is 0.396 e. The van der Waals surface area contributed by atoms with Crippen molar-refractivity contribution in [3.63, 3.8) is 0 Å². The van der Waals surface area contributed by atoms with Crippen LogP contribution in [0, 0.1) is 17.6 Å². The van der Waals surface area contributed by atoms with E-state index in [2.05, 4.69) is 5.32 Å². The summed E-state index contributed by atoms with van der Waals surface area (Å²) in [5.41, 5.74) is -0.210. The van der Waals surface area contributed by atoms with Crippen molar-refractivity contribution >= 4 is 5.91 Å². The van der Waals surface area contributed by atoms with E-state index in [1.807, 2.05) is 0 Å². The van der Waals surface area contributed by atoms with Gasteiger partial charge in [0, 0.05) is 24.1 Å². The fraction of sp³-hybridized carbons (Fsp3) is 0.500. The fourth-order valence-corrected chi connectivity index (χ4v) is 2.56. The van der Waals surface area contributed by atoms with E-state index in [0.29, 0.717) is 0 Å². The minimum absolute atomic E-state index is 0.0268. The second-order valence-corrected chi connectivity index (χ2v) is 4.92. The van der Waals surface area contributed by atoms with Crippen molar-refractivity contribution in [2.24, 2.45) is 5.92 Å². The second-order valence-electron chi connectivity index (χ2n) is 4.92. The smallest absolute Gasteiger partial charge is 0.224 e. The lowest BCUT2D eigenvalue weighted by Crippen LogP contribution is -2.39. The second kappa shape index (κ2) is 6.10. The summed E-state index contributed by atoms with van der Waals surface area (Å²) in [6.45, 7) is 0.0268. The van der Waals surface area contributed by atoms with Gasteiger partial charge in [-0.25, -0.2) is 8.78 Å². The van der Waals surface area contributed by atoms with Gasteiger partial charge in [-0.3, -0.25) is 4.79 Å². The zero-order valence-corrected chi connectivity index (χ0v) is 10.5. The van der Waals surface area contributed by atoms with Crippen LogP contribution in [0.15, 0.2) is 18.2 Å². The SMILES string of the molecule is O=C(Cc1c(F)cccc1F)NC1CCCC1CO. The molecule has 0 saturated heterocycles. The Balaban J connectivity index is 1.98. The molecule has 0 aliphatic heterocycles. The fourth-order valence-electron chi connectivity index (χ4n) is 2.56. The molecular formula is C14H17F2NO2. The molecule has 1 aliphatic carbocycles. The predicted octanol–water partition coefficient (Wildman–Crippen LogP) is 1.78. The summed E-state index contributed by atoms with van der Waals surface area (Å²) in [5.74, 6) is -1.77. The van der Waals surface area contributed by atoms with Crippen LogP contribution in [0.3, 0.4) is 0 Å². The van der Waals surface area contributed by atoms with Crippen LogP contribution in [-0.2, 0) is 11.2 Å². The number of nitrogens with one attached hydrogen (secondary N) is 1. The van der Waals surface area contributed by atoms with Gasteiger partial charge in [0.05, 0.1) is 6.42 Å². The van der Waals surface area contributed by atoms with Crippen LogP contribution in [0.4, 0.5) is 8.78 Å². The van der Waals surface area contributed by atoms with Crippen LogP contribution in [0.2, 0.25) is 0 Å². The summed E-state index contributed by atoms with van der Waals surface area (Å²) in [7, 11) is 0. The zero-order chi connectivity index (χ0) is 13.8. The number of carbonyl (C=O) groups excluding carboxylic acids is 1. The molecule has 0 aromatic heterocycles. The molecule has 5 heteroatoms. The lowest BCUT2D eigenvalue weighted by atomic mass is 10.0. The number of hydrogen-bond donors (Lipinski definition) is 2. The molecule has 0 spiro atoms. The van der Waals surface area contributed by atoms with Crippen molar-refractivity contribution in [3.8, 4) is 0 Å². The highest BCUT2D eigenvalue weighted by Gasteiger charge is 2.28. The maximum atomic E-state index is 13.4. The Morgan fingerprint density at radius 3 is 2.63 bits per heavy atom. The Hall–Kier alpha value is -1.49. The zero-order valence-electron chi connectivity index (χ0n) is 10.5. The van der Waals surface area contributed by atoms with Gasteiger partial charge in [0.25, 0.3) is 0 Å². The average Bonchev–Trinajstić information content (AvgIpc) is 2.81. The molecule has 2 rings (SSSR count). The monoisotopic (exact) mass is 269 g/mol. The molecule has 1 aromatic carbocycles. The Kier molecular flexibility index (Phi) is 4.47. The van der Waals surface area contributed by atoms with Crippen LogP contribution in [0.1, 0.15) is 24.8 Å². The number of carbonyl (C=O) groups is 1. The Bertz CT molecular complexity index is 445. The third kappa shape index (κ3) is 3.29. The molecule has 3 nitrogen and oxygen atoms in total. The van der Waals surface area contributed by atoms with Gasteiger partial charge in [0.15, 0.2) is 0 Å². The third-order valence-electron chi connectivity index (χ3n) is 3.64. The Morgan fingerprint density at radius 1 is 1.32 bits per heavy atom. The Labute approximate surface area is 110 Å². The molecule has 1 saturated carbocycles. The number of benzene rings is 1. The van der Waals surface area contributed by atoms with Crippen LogP contribution < -0.4 is 5.32 Å². The van der Waals surface area contributed by atoms with Crippen molar-refractivity contribution in [1.29, 1.82) is 0 Å². The summed E-state index contributed by atoms with van der Waals surface area (Å²) in [5, 5.41) is 11.9. The van der Waals surface area contributed by atoms with E-state index >= 15 is 0 Å². The molecule has 19 heavy (non-hydrogen) atoms. The molecule has 1 aliphatic rings. The number of aliphatic hydroxyl groups is 1. The third-order valence-corrected chi connectivity index (χ3v) is 3.64. The summed E-state index contributed by atoms with van der Waals surface area (Å²) in [6, 6.07) is 3.45. The maximum Gasteiger partial charge on any atom is 0.224 e. The average molecular weight is 269 g/mol. The van der Waals surface area contributed by atoms with E-state index in [1.54, 1.807) is 0 Å². The number of halogens is 2. The van der Waals surface area contributed by atoms with Crippen LogP contribution in [-0.4, -0.2) is 23.7 Å². The van der Waals surface area contributed by atoms with Crippen LogP contribution in [0.25, 0.3) is 0 Å². The van der Waals surface area contributed by atoms with Gasteiger partial charge in [0.2, 0.25) is 5.91 Å². The lowest BCUT2D eigenvalue weighted by molar-refractivity contribution is -0.121. The summed E-state index contributed by atoms with van der Waals surface area (Å²) in [6.07, 6.45) is 2.31. The Morgan fingerprint density at radius 2 is 2.00 bits per heavy atom. The molecule has 0 radical (unpaired) electrons. The molecule has 1 fully saturated rings. The molecule has 2 atom stereocenters. The van der Waals surface area contributed by atoms with E-state index in [0.717, 1.165) is 31.4 Å². The van der Waals surface area contributed by atoms with E-state index < -0.39 is 17.5 Å². The number of rotatable bonds is 4. The van der Waals surface area contributed by atoms with Gasteiger partial charge in [-0.15, -0.1) is 0 Å². The van der Waals surface area contributed by atoms with Gasteiger partial charge in [-0.2, -0.15) is 0 Å².